The highest BCUT2D eigenvalue weighted by Gasteiger charge is 2.39. The number of esters is 1. The maximum absolute atomic E-state index is 13.4. The van der Waals surface area contributed by atoms with Crippen molar-refractivity contribution in [1.29, 1.82) is 0 Å². The quantitative estimate of drug-likeness (QED) is 0.516. The molecule has 0 radical (unpaired) electrons. The van der Waals surface area contributed by atoms with Crippen molar-refractivity contribution in [2.45, 2.75) is 31.3 Å². The van der Waals surface area contributed by atoms with Crippen LogP contribution in [0, 0.1) is 0 Å². The number of hydrogen-bond donors (Lipinski definition) is 2. The molecule has 3 aromatic rings. The van der Waals surface area contributed by atoms with Crippen LogP contribution in [0.25, 0.3) is 0 Å². The van der Waals surface area contributed by atoms with E-state index in [2.05, 4.69) is 20.0 Å². The maximum atomic E-state index is 13.4. The van der Waals surface area contributed by atoms with Crippen molar-refractivity contribution in [2.75, 3.05) is 13.7 Å². The predicted octanol–water partition coefficient (Wildman–Crippen LogP) is 3.75. The molecule has 8 nitrogen and oxygen atoms in total. The first kappa shape index (κ1) is 24.1. The van der Waals surface area contributed by atoms with Crippen LogP contribution in [0.5, 0.6) is 5.75 Å². The monoisotopic (exact) mass is 488 g/mol. The van der Waals surface area contributed by atoms with E-state index in [-0.39, 0.29) is 18.5 Å². The molecule has 2 amide bonds. The van der Waals surface area contributed by atoms with Crippen molar-refractivity contribution in [3.63, 3.8) is 0 Å². The molecular formula is C24H23F3N4O4. The Morgan fingerprint density at radius 2 is 1.89 bits per heavy atom. The lowest BCUT2D eigenvalue weighted by Crippen LogP contribution is -2.52. The number of benzene rings is 2. The van der Waals surface area contributed by atoms with Gasteiger partial charge in [0.15, 0.2) is 0 Å². The fourth-order valence-corrected chi connectivity index (χ4v) is 4.15. The number of halogens is 3. The molecule has 0 unspecified atom stereocenters. The summed E-state index contributed by atoms with van der Waals surface area (Å²) in [5, 5.41) is 2.69. The van der Waals surface area contributed by atoms with E-state index < -0.39 is 36.2 Å². The smallest absolute Gasteiger partial charge is 0.467 e. The largest absolute Gasteiger partial charge is 0.573 e. The zero-order chi connectivity index (χ0) is 25.0. The van der Waals surface area contributed by atoms with Gasteiger partial charge in [-0.1, -0.05) is 48.5 Å². The topological polar surface area (TPSA) is 96.6 Å². The molecule has 1 aromatic heterocycles. The van der Waals surface area contributed by atoms with E-state index in [4.69, 9.17) is 4.74 Å². The first-order chi connectivity index (χ1) is 16.8. The first-order valence-electron chi connectivity index (χ1n) is 10.8. The highest BCUT2D eigenvalue weighted by molar-refractivity contribution is 5.84. The van der Waals surface area contributed by atoms with Gasteiger partial charge >= 0.3 is 18.4 Å². The second kappa shape index (κ2) is 10.1. The average Bonchev–Trinajstić information content (AvgIpc) is 3.31. The van der Waals surface area contributed by atoms with Crippen LogP contribution in [0.3, 0.4) is 0 Å². The number of rotatable bonds is 6. The van der Waals surface area contributed by atoms with Gasteiger partial charge in [0.1, 0.15) is 17.8 Å². The number of ether oxygens (including phenoxy) is 2. The lowest BCUT2D eigenvalue weighted by molar-refractivity contribution is -0.275. The van der Waals surface area contributed by atoms with Gasteiger partial charge in [0.05, 0.1) is 19.1 Å². The molecule has 0 aliphatic carbocycles. The molecule has 2 atom stereocenters. The number of nitrogens with zero attached hydrogens (tertiary/aromatic N) is 2. The zero-order valence-corrected chi connectivity index (χ0v) is 18.7. The van der Waals surface area contributed by atoms with Gasteiger partial charge in [0, 0.05) is 30.6 Å². The number of hydrogen-bond acceptors (Lipinski definition) is 5. The molecule has 0 spiro atoms. The summed E-state index contributed by atoms with van der Waals surface area (Å²) in [7, 11) is 1.22. The van der Waals surface area contributed by atoms with Crippen LogP contribution < -0.4 is 10.1 Å². The average molecular weight is 488 g/mol. The molecule has 35 heavy (non-hydrogen) atoms. The molecule has 2 heterocycles. The van der Waals surface area contributed by atoms with Gasteiger partial charge in [0.2, 0.25) is 0 Å². The number of aromatic amines is 1. The number of para-hydroxylation sites is 1. The Hall–Kier alpha value is -4.02. The number of carbonyl (C=O) groups excluding carboxylic acids is 2. The fraction of sp³-hybridized carbons (Fsp3) is 0.292. The first-order valence-corrected chi connectivity index (χ1v) is 10.8. The van der Waals surface area contributed by atoms with Gasteiger partial charge in [-0.15, -0.1) is 13.2 Å². The number of imidazole rings is 1. The van der Waals surface area contributed by atoms with Crippen molar-refractivity contribution in [2.24, 2.45) is 0 Å². The van der Waals surface area contributed by atoms with Crippen LogP contribution in [0.15, 0.2) is 60.9 Å². The summed E-state index contributed by atoms with van der Waals surface area (Å²) in [4.78, 5) is 34.5. The van der Waals surface area contributed by atoms with E-state index >= 15 is 0 Å². The Bertz CT molecular complexity index is 1180. The van der Waals surface area contributed by atoms with E-state index in [1.165, 1.54) is 36.5 Å². The Morgan fingerprint density at radius 1 is 1.17 bits per heavy atom. The standard InChI is InChI=1S/C24H23F3N4O4/c1-34-22(32)18(13-15-7-3-2-4-8-15)30-23(33)31-12-11-17-20(29-14-28-17)21(31)16-9-5-6-10-19(16)35-24(25,26)27/h2-10,14,18,21H,11-13H2,1H3,(H,28,29)(H,30,33)/t18-,21-/m0/s1. The van der Waals surface area contributed by atoms with Gasteiger partial charge in [-0.3, -0.25) is 0 Å². The van der Waals surface area contributed by atoms with Crippen molar-refractivity contribution >= 4 is 12.0 Å². The Morgan fingerprint density at radius 3 is 2.60 bits per heavy atom. The van der Waals surface area contributed by atoms with Gasteiger partial charge < -0.3 is 24.7 Å². The molecule has 1 aliphatic heterocycles. The number of aromatic nitrogens is 2. The summed E-state index contributed by atoms with van der Waals surface area (Å²) in [6.45, 7) is 0.172. The van der Waals surface area contributed by atoms with Gasteiger partial charge in [-0.2, -0.15) is 0 Å². The summed E-state index contributed by atoms with van der Waals surface area (Å²) in [5.41, 5.74) is 2.03. The Labute approximate surface area is 199 Å². The lowest BCUT2D eigenvalue weighted by atomic mass is 9.95. The third kappa shape index (κ3) is 5.56. The number of alkyl halides is 3. The number of methoxy groups -OCH3 is 1. The third-order valence-electron chi connectivity index (χ3n) is 5.69. The number of nitrogens with one attached hydrogen (secondary N) is 2. The molecular weight excluding hydrogens is 465 g/mol. The number of amides is 2. The zero-order valence-electron chi connectivity index (χ0n) is 18.7. The fourth-order valence-electron chi connectivity index (χ4n) is 4.15. The Balaban J connectivity index is 1.66. The summed E-state index contributed by atoms with van der Waals surface area (Å²) in [6, 6.07) is 12.1. The van der Waals surface area contributed by atoms with Crippen molar-refractivity contribution < 1.29 is 32.2 Å². The van der Waals surface area contributed by atoms with E-state index in [0.717, 1.165) is 5.56 Å². The number of fused-ring (bicyclic) bond motifs is 1. The minimum Gasteiger partial charge on any atom is -0.467 e. The lowest BCUT2D eigenvalue weighted by Gasteiger charge is -2.36. The minimum absolute atomic E-state index is 0.116. The second-order valence-corrected chi connectivity index (χ2v) is 7.91. The Kier molecular flexibility index (Phi) is 6.94. The van der Waals surface area contributed by atoms with E-state index in [0.29, 0.717) is 17.8 Å². The molecule has 0 bridgehead atoms. The summed E-state index contributed by atoms with van der Waals surface area (Å²) in [5.74, 6) is -1.08. The highest BCUT2D eigenvalue weighted by Crippen LogP contribution is 2.39. The van der Waals surface area contributed by atoms with Gasteiger partial charge in [-0.05, 0) is 11.6 Å². The van der Waals surface area contributed by atoms with Crippen molar-refractivity contribution in [3.8, 4) is 5.75 Å². The van der Waals surface area contributed by atoms with Crippen LogP contribution in [-0.4, -0.2) is 52.9 Å². The van der Waals surface area contributed by atoms with E-state index in [1.807, 2.05) is 30.3 Å². The SMILES string of the molecule is COC(=O)[C@H](Cc1ccccc1)NC(=O)N1CCc2[nH]cnc2[C@@H]1c1ccccc1OC(F)(F)F. The molecule has 11 heteroatoms. The highest BCUT2D eigenvalue weighted by atomic mass is 19.4. The normalized spacial score (nSPS) is 16.2. The molecule has 0 fully saturated rings. The number of carbonyl (C=O) groups is 2. The van der Waals surface area contributed by atoms with E-state index in [9.17, 15) is 22.8 Å². The summed E-state index contributed by atoms with van der Waals surface area (Å²) in [6.07, 6.45) is -2.90. The van der Waals surface area contributed by atoms with Crippen molar-refractivity contribution in [3.05, 3.63) is 83.4 Å². The summed E-state index contributed by atoms with van der Waals surface area (Å²) < 4.78 is 48.4. The molecule has 2 N–H and O–H groups in total. The van der Waals surface area contributed by atoms with Crippen LogP contribution in [-0.2, 0) is 22.4 Å². The van der Waals surface area contributed by atoms with E-state index in [1.54, 1.807) is 6.07 Å². The molecule has 2 aromatic carbocycles. The minimum atomic E-state index is -4.92. The molecule has 184 valence electrons. The third-order valence-corrected chi connectivity index (χ3v) is 5.69. The second-order valence-electron chi connectivity index (χ2n) is 7.91. The predicted molar refractivity (Wildman–Crippen MR) is 118 cm³/mol. The van der Waals surface area contributed by atoms with Gasteiger partial charge in [-0.25, -0.2) is 14.6 Å². The van der Waals surface area contributed by atoms with Gasteiger partial charge in [0.25, 0.3) is 0 Å². The number of H-pyrrole nitrogens is 1. The van der Waals surface area contributed by atoms with Crippen LogP contribution in [0.2, 0.25) is 0 Å². The van der Waals surface area contributed by atoms with Crippen LogP contribution in [0.4, 0.5) is 18.0 Å². The summed E-state index contributed by atoms with van der Waals surface area (Å²) >= 11 is 0. The number of urea groups is 1. The maximum Gasteiger partial charge on any atom is 0.573 e. The van der Waals surface area contributed by atoms with Crippen LogP contribution >= 0.6 is 0 Å². The van der Waals surface area contributed by atoms with Crippen LogP contribution in [0.1, 0.15) is 28.6 Å². The van der Waals surface area contributed by atoms with Crippen molar-refractivity contribution in [1.82, 2.24) is 20.2 Å². The molecule has 0 saturated carbocycles. The molecule has 1 aliphatic rings. The molecule has 4 rings (SSSR count). The molecule has 0 saturated heterocycles.